The molecule has 1 aromatic heterocycles. The van der Waals surface area contributed by atoms with Crippen LogP contribution in [0.2, 0.25) is 0 Å². The van der Waals surface area contributed by atoms with Crippen LogP contribution in [-0.4, -0.2) is 35.6 Å². The lowest BCUT2D eigenvalue weighted by atomic mass is 9.95. The van der Waals surface area contributed by atoms with Gasteiger partial charge >= 0.3 is 0 Å². The van der Waals surface area contributed by atoms with Crippen LogP contribution in [0.25, 0.3) is 10.9 Å². The molecule has 3 aromatic rings. The number of likely N-dealkylation sites (tertiary alicyclic amines) is 1. The monoisotopic (exact) mass is 405 g/mol. The van der Waals surface area contributed by atoms with Crippen molar-refractivity contribution in [3.05, 3.63) is 65.9 Å². The number of fused-ring (bicyclic) bond motifs is 1. The lowest BCUT2D eigenvalue weighted by Crippen LogP contribution is -2.40. The van der Waals surface area contributed by atoms with Crippen LogP contribution < -0.4 is 10.1 Å². The average Bonchev–Trinajstić information content (AvgIpc) is 3.15. The number of benzene rings is 2. The molecule has 1 fully saturated rings. The summed E-state index contributed by atoms with van der Waals surface area (Å²) in [5.41, 5.74) is 3.75. The molecular formula is C25H31N3O2. The number of methoxy groups -OCH3 is 1. The Bertz CT molecular complexity index is 1000. The number of rotatable bonds is 7. The Morgan fingerprint density at radius 2 is 1.93 bits per heavy atom. The van der Waals surface area contributed by atoms with Crippen LogP contribution in [-0.2, 0) is 24.4 Å². The van der Waals surface area contributed by atoms with E-state index in [2.05, 4.69) is 52.2 Å². The third-order valence-corrected chi connectivity index (χ3v) is 6.17. The van der Waals surface area contributed by atoms with Crippen molar-refractivity contribution in [2.45, 2.75) is 39.4 Å². The molecule has 2 aromatic carbocycles. The molecule has 5 heteroatoms. The van der Waals surface area contributed by atoms with Crippen LogP contribution in [0.3, 0.4) is 0 Å². The first kappa shape index (κ1) is 20.5. The van der Waals surface area contributed by atoms with Crippen LogP contribution in [0.5, 0.6) is 5.75 Å². The van der Waals surface area contributed by atoms with Crippen LogP contribution in [0.15, 0.2) is 54.7 Å². The standard InChI is InChI=1S/C25H31N3O2/c1-3-28-18-21(23-9-4-5-10-24(23)28)17-27-13-11-20(12-14-27)25(29)26-16-19-7-6-8-22(15-19)30-2/h4-10,15,18,20H,3,11-14,16-17H2,1-2H3,(H,26,29). The normalized spacial score (nSPS) is 15.4. The second kappa shape index (κ2) is 9.35. The highest BCUT2D eigenvalue weighted by atomic mass is 16.5. The topological polar surface area (TPSA) is 46.5 Å². The largest absolute Gasteiger partial charge is 0.497 e. The Hall–Kier alpha value is -2.79. The van der Waals surface area contributed by atoms with E-state index < -0.39 is 0 Å². The van der Waals surface area contributed by atoms with E-state index in [4.69, 9.17) is 4.74 Å². The molecule has 0 radical (unpaired) electrons. The van der Waals surface area contributed by atoms with E-state index in [0.29, 0.717) is 6.54 Å². The molecule has 30 heavy (non-hydrogen) atoms. The van der Waals surface area contributed by atoms with Gasteiger partial charge in [0.1, 0.15) is 5.75 Å². The fraction of sp³-hybridized carbons (Fsp3) is 0.400. The Kier molecular flexibility index (Phi) is 6.38. The van der Waals surface area contributed by atoms with E-state index in [1.165, 1.54) is 16.5 Å². The minimum absolute atomic E-state index is 0.101. The van der Waals surface area contributed by atoms with Crippen molar-refractivity contribution in [1.82, 2.24) is 14.8 Å². The number of amides is 1. The Morgan fingerprint density at radius 3 is 2.70 bits per heavy atom. The summed E-state index contributed by atoms with van der Waals surface area (Å²) in [6.07, 6.45) is 4.12. The van der Waals surface area contributed by atoms with Crippen molar-refractivity contribution in [1.29, 1.82) is 0 Å². The third-order valence-electron chi connectivity index (χ3n) is 6.17. The van der Waals surface area contributed by atoms with Gasteiger partial charge in [-0.15, -0.1) is 0 Å². The number of hydrogen-bond acceptors (Lipinski definition) is 3. The first-order valence-corrected chi connectivity index (χ1v) is 10.9. The summed E-state index contributed by atoms with van der Waals surface area (Å²) in [6.45, 7) is 6.59. The van der Waals surface area contributed by atoms with Crippen LogP contribution in [0.4, 0.5) is 0 Å². The zero-order valence-corrected chi connectivity index (χ0v) is 17.9. The molecule has 0 aliphatic carbocycles. The number of hydrogen-bond donors (Lipinski definition) is 1. The van der Waals surface area contributed by atoms with Gasteiger partial charge in [-0.25, -0.2) is 0 Å². The summed E-state index contributed by atoms with van der Waals surface area (Å²) in [4.78, 5) is 15.1. The summed E-state index contributed by atoms with van der Waals surface area (Å²) in [5, 5.41) is 4.45. The van der Waals surface area contributed by atoms with Crippen LogP contribution in [0.1, 0.15) is 30.9 Å². The van der Waals surface area contributed by atoms with Gasteiger partial charge < -0.3 is 14.6 Å². The molecule has 0 spiro atoms. The molecule has 0 bridgehead atoms. The highest BCUT2D eigenvalue weighted by Gasteiger charge is 2.25. The summed E-state index contributed by atoms with van der Waals surface area (Å²) in [6, 6.07) is 16.5. The zero-order chi connectivity index (χ0) is 20.9. The number of carbonyl (C=O) groups is 1. The molecule has 5 nitrogen and oxygen atoms in total. The van der Waals surface area contributed by atoms with Crippen molar-refractivity contribution < 1.29 is 9.53 Å². The van der Waals surface area contributed by atoms with Crippen molar-refractivity contribution in [3.8, 4) is 5.75 Å². The minimum atomic E-state index is 0.101. The predicted octanol–water partition coefficient (Wildman–Crippen LogP) is 4.20. The molecule has 0 atom stereocenters. The van der Waals surface area contributed by atoms with Gasteiger partial charge in [-0.3, -0.25) is 9.69 Å². The average molecular weight is 406 g/mol. The maximum absolute atomic E-state index is 12.6. The van der Waals surface area contributed by atoms with E-state index >= 15 is 0 Å². The van der Waals surface area contributed by atoms with Gasteiger partial charge in [0.15, 0.2) is 0 Å². The number of aryl methyl sites for hydroxylation is 1. The molecule has 2 heterocycles. The van der Waals surface area contributed by atoms with E-state index in [-0.39, 0.29) is 11.8 Å². The summed E-state index contributed by atoms with van der Waals surface area (Å²) < 4.78 is 7.58. The number of aromatic nitrogens is 1. The molecule has 158 valence electrons. The first-order chi connectivity index (χ1) is 14.7. The van der Waals surface area contributed by atoms with Gasteiger partial charge in [0.25, 0.3) is 0 Å². The third kappa shape index (κ3) is 4.51. The zero-order valence-electron chi connectivity index (χ0n) is 17.9. The number of carbonyl (C=O) groups excluding carboxylic acids is 1. The van der Waals surface area contributed by atoms with Crippen molar-refractivity contribution >= 4 is 16.8 Å². The molecule has 0 unspecified atom stereocenters. The van der Waals surface area contributed by atoms with E-state index in [1.54, 1.807) is 7.11 Å². The maximum Gasteiger partial charge on any atom is 0.223 e. The van der Waals surface area contributed by atoms with E-state index in [0.717, 1.165) is 50.3 Å². The van der Waals surface area contributed by atoms with E-state index in [1.807, 2.05) is 24.3 Å². The lowest BCUT2D eigenvalue weighted by molar-refractivity contribution is -0.126. The van der Waals surface area contributed by atoms with Gasteiger partial charge in [0.2, 0.25) is 5.91 Å². The number of ether oxygens (including phenoxy) is 1. The second-order valence-electron chi connectivity index (χ2n) is 8.08. The van der Waals surface area contributed by atoms with Gasteiger partial charge in [-0.1, -0.05) is 30.3 Å². The summed E-state index contributed by atoms with van der Waals surface area (Å²) in [5.74, 6) is 1.09. The molecule has 0 saturated carbocycles. The van der Waals surface area contributed by atoms with Gasteiger partial charge in [-0.2, -0.15) is 0 Å². The molecule has 1 saturated heterocycles. The Balaban J connectivity index is 1.30. The highest BCUT2D eigenvalue weighted by Crippen LogP contribution is 2.25. The number of piperidine rings is 1. The lowest BCUT2D eigenvalue weighted by Gasteiger charge is -2.31. The minimum Gasteiger partial charge on any atom is -0.497 e. The second-order valence-corrected chi connectivity index (χ2v) is 8.08. The first-order valence-electron chi connectivity index (χ1n) is 10.9. The predicted molar refractivity (Wildman–Crippen MR) is 120 cm³/mol. The summed E-state index contributed by atoms with van der Waals surface area (Å²) >= 11 is 0. The summed E-state index contributed by atoms with van der Waals surface area (Å²) in [7, 11) is 1.66. The number of nitrogens with zero attached hydrogens (tertiary/aromatic N) is 2. The smallest absolute Gasteiger partial charge is 0.223 e. The van der Waals surface area contributed by atoms with Crippen LogP contribution in [0, 0.1) is 5.92 Å². The number of nitrogens with one attached hydrogen (secondary N) is 1. The van der Waals surface area contributed by atoms with Gasteiger partial charge in [-0.05, 0) is 62.2 Å². The molecule has 1 N–H and O–H groups in total. The number of para-hydroxylation sites is 1. The fourth-order valence-corrected chi connectivity index (χ4v) is 4.42. The molecular weight excluding hydrogens is 374 g/mol. The Morgan fingerprint density at radius 1 is 1.13 bits per heavy atom. The SMILES string of the molecule is CCn1cc(CN2CCC(C(=O)NCc3cccc(OC)c3)CC2)c2ccccc21. The van der Waals surface area contributed by atoms with Gasteiger partial charge in [0.05, 0.1) is 7.11 Å². The molecule has 1 amide bonds. The maximum atomic E-state index is 12.6. The quantitative estimate of drug-likeness (QED) is 0.641. The van der Waals surface area contributed by atoms with Gasteiger partial charge in [0, 0.05) is 42.7 Å². The van der Waals surface area contributed by atoms with Crippen molar-refractivity contribution in [2.75, 3.05) is 20.2 Å². The highest BCUT2D eigenvalue weighted by molar-refractivity contribution is 5.84. The fourth-order valence-electron chi connectivity index (χ4n) is 4.42. The van der Waals surface area contributed by atoms with Crippen LogP contribution >= 0.6 is 0 Å². The molecule has 1 aliphatic rings. The van der Waals surface area contributed by atoms with Crippen molar-refractivity contribution in [3.63, 3.8) is 0 Å². The van der Waals surface area contributed by atoms with E-state index in [9.17, 15) is 4.79 Å². The van der Waals surface area contributed by atoms with Crippen molar-refractivity contribution in [2.24, 2.45) is 5.92 Å². The molecule has 1 aliphatic heterocycles. The Labute approximate surface area is 178 Å². The molecule has 4 rings (SSSR count).